The molecule has 1 aromatic heterocycles. The molecule has 1 saturated heterocycles. The first kappa shape index (κ1) is 24.4. The number of nitrogens with one attached hydrogen (secondary N) is 2. The van der Waals surface area contributed by atoms with E-state index in [2.05, 4.69) is 68.6 Å². The second kappa shape index (κ2) is 11.2. The number of rotatable bonds is 8. The van der Waals surface area contributed by atoms with E-state index >= 15 is 0 Å². The Labute approximate surface area is 220 Å². The van der Waals surface area contributed by atoms with Gasteiger partial charge in [-0.25, -0.2) is 4.98 Å². The molecule has 194 valence electrons. The lowest BCUT2D eigenvalue weighted by Gasteiger charge is -2.37. The molecule has 0 radical (unpaired) electrons. The Kier molecular flexibility index (Phi) is 7.38. The molecule has 2 saturated carbocycles. The number of piperazine rings is 1. The fraction of sp³-hybridized carbons (Fsp3) is 0.484. The molecule has 0 unspecified atom stereocenters. The van der Waals surface area contributed by atoms with Crippen molar-refractivity contribution in [2.75, 3.05) is 26.2 Å². The van der Waals surface area contributed by atoms with Gasteiger partial charge in [0.25, 0.3) is 5.91 Å². The quantitative estimate of drug-likeness (QED) is 0.474. The molecule has 2 aliphatic carbocycles. The van der Waals surface area contributed by atoms with E-state index < -0.39 is 0 Å². The lowest BCUT2D eigenvalue weighted by atomic mass is 9.89. The maximum atomic E-state index is 14.2. The maximum absolute atomic E-state index is 14.2. The lowest BCUT2D eigenvalue weighted by molar-refractivity contribution is 0.0631. The second-order valence-electron chi connectivity index (χ2n) is 11.1. The summed E-state index contributed by atoms with van der Waals surface area (Å²) in [5.41, 5.74) is 3.91. The van der Waals surface area contributed by atoms with E-state index in [9.17, 15) is 4.79 Å². The first-order valence-electron chi connectivity index (χ1n) is 14.2. The van der Waals surface area contributed by atoms with E-state index in [1.54, 1.807) is 0 Å². The molecule has 3 aliphatic rings. The highest BCUT2D eigenvalue weighted by molar-refractivity contribution is 5.98. The summed E-state index contributed by atoms with van der Waals surface area (Å²) in [6, 6.07) is 21.8. The van der Waals surface area contributed by atoms with Crippen LogP contribution in [0, 0.1) is 5.92 Å². The first-order chi connectivity index (χ1) is 18.3. The van der Waals surface area contributed by atoms with Gasteiger partial charge in [0.1, 0.15) is 0 Å². The van der Waals surface area contributed by atoms with Crippen LogP contribution < -0.4 is 10.6 Å². The molecule has 3 aromatic rings. The molecule has 1 aliphatic heterocycles. The largest absolute Gasteiger partial charge is 0.331 e. The molecule has 1 amide bonds. The Hall–Kier alpha value is -2.96. The number of carbonyl (C=O) groups excluding carboxylic acids is 1. The lowest BCUT2D eigenvalue weighted by Crippen LogP contribution is -2.54. The third kappa shape index (κ3) is 5.51. The standard InChI is InChI=1S/C31H39N5O/c37-31(35-18-17-32-21-26(35)19-23-9-3-1-4-10-23)29-30(25-11-5-2-6-12-25)36(22-34-29)28-14-8-7-13-27(28)33-20-24-15-16-24/h1-6,9-12,22,24,26-28,32-33H,7-8,13-21H2/t26-,27-,28+/m1/s1. The van der Waals surface area contributed by atoms with E-state index in [0.717, 1.165) is 49.7 Å². The zero-order valence-electron chi connectivity index (χ0n) is 21.7. The number of carbonyl (C=O) groups is 1. The van der Waals surface area contributed by atoms with E-state index in [1.165, 1.54) is 37.7 Å². The van der Waals surface area contributed by atoms with Crippen molar-refractivity contribution >= 4 is 5.91 Å². The number of nitrogens with zero attached hydrogens (tertiary/aromatic N) is 3. The molecular weight excluding hydrogens is 458 g/mol. The van der Waals surface area contributed by atoms with Gasteiger partial charge in [0.05, 0.1) is 18.1 Å². The Morgan fingerprint density at radius 1 is 0.973 bits per heavy atom. The molecule has 37 heavy (non-hydrogen) atoms. The Morgan fingerprint density at radius 2 is 1.73 bits per heavy atom. The molecule has 6 nitrogen and oxygen atoms in total. The monoisotopic (exact) mass is 497 g/mol. The molecule has 6 rings (SSSR count). The number of hydrogen-bond acceptors (Lipinski definition) is 4. The minimum atomic E-state index is 0.0540. The highest BCUT2D eigenvalue weighted by Crippen LogP contribution is 2.36. The van der Waals surface area contributed by atoms with Crippen molar-refractivity contribution in [1.82, 2.24) is 25.1 Å². The number of aromatic nitrogens is 2. The van der Waals surface area contributed by atoms with Gasteiger partial charge in [0, 0.05) is 37.3 Å². The van der Waals surface area contributed by atoms with Crippen molar-refractivity contribution in [3.05, 3.63) is 78.2 Å². The van der Waals surface area contributed by atoms with Crippen LogP contribution in [-0.4, -0.2) is 58.6 Å². The van der Waals surface area contributed by atoms with Crippen LogP contribution >= 0.6 is 0 Å². The summed E-state index contributed by atoms with van der Waals surface area (Å²) in [4.78, 5) is 21.1. The van der Waals surface area contributed by atoms with Gasteiger partial charge in [-0.3, -0.25) is 4.79 Å². The SMILES string of the molecule is O=C(c1ncn([C@H]2CCCC[C@H]2NCC2CC2)c1-c1ccccc1)N1CCNC[C@H]1Cc1ccccc1. The maximum Gasteiger partial charge on any atom is 0.275 e. The van der Waals surface area contributed by atoms with Crippen LogP contribution in [0.15, 0.2) is 67.0 Å². The number of amides is 1. The highest BCUT2D eigenvalue weighted by atomic mass is 16.2. The molecule has 3 fully saturated rings. The van der Waals surface area contributed by atoms with Crippen LogP contribution in [0.25, 0.3) is 11.3 Å². The van der Waals surface area contributed by atoms with Crippen LogP contribution in [0.4, 0.5) is 0 Å². The third-order valence-corrected chi connectivity index (χ3v) is 8.42. The third-order valence-electron chi connectivity index (χ3n) is 8.42. The summed E-state index contributed by atoms with van der Waals surface area (Å²) in [5, 5.41) is 7.40. The van der Waals surface area contributed by atoms with Gasteiger partial charge in [-0.15, -0.1) is 0 Å². The summed E-state index contributed by atoms with van der Waals surface area (Å²) in [5.74, 6) is 0.906. The zero-order chi connectivity index (χ0) is 25.0. The number of benzene rings is 2. The number of hydrogen-bond donors (Lipinski definition) is 2. The number of imidazole rings is 1. The molecular formula is C31H39N5O. The van der Waals surface area contributed by atoms with Crippen molar-refractivity contribution in [2.24, 2.45) is 5.92 Å². The second-order valence-corrected chi connectivity index (χ2v) is 11.1. The first-order valence-corrected chi connectivity index (χ1v) is 14.2. The van der Waals surface area contributed by atoms with Crippen LogP contribution in [0.2, 0.25) is 0 Å². The molecule has 2 aromatic carbocycles. The predicted octanol–water partition coefficient (Wildman–Crippen LogP) is 4.69. The Balaban J connectivity index is 1.32. The van der Waals surface area contributed by atoms with Crippen molar-refractivity contribution in [3.8, 4) is 11.3 Å². The topological polar surface area (TPSA) is 62.2 Å². The fourth-order valence-electron chi connectivity index (χ4n) is 6.21. The molecule has 0 spiro atoms. The van der Waals surface area contributed by atoms with Crippen molar-refractivity contribution in [3.63, 3.8) is 0 Å². The predicted molar refractivity (Wildman–Crippen MR) is 148 cm³/mol. The van der Waals surface area contributed by atoms with E-state index in [1.807, 2.05) is 18.5 Å². The van der Waals surface area contributed by atoms with Gasteiger partial charge in [-0.1, -0.05) is 73.5 Å². The van der Waals surface area contributed by atoms with Crippen molar-refractivity contribution in [1.29, 1.82) is 0 Å². The molecule has 0 bridgehead atoms. The molecule has 2 heterocycles. The minimum Gasteiger partial charge on any atom is -0.331 e. The van der Waals surface area contributed by atoms with E-state index in [-0.39, 0.29) is 11.9 Å². The van der Waals surface area contributed by atoms with Crippen molar-refractivity contribution in [2.45, 2.75) is 63.1 Å². The van der Waals surface area contributed by atoms with Gasteiger partial charge in [0.2, 0.25) is 0 Å². The van der Waals surface area contributed by atoms with Gasteiger partial charge in [-0.2, -0.15) is 0 Å². The van der Waals surface area contributed by atoms with Crippen LogP contribution in [0.1, 0.15) is 60.6 Å². The summed E-state index contributed by atoms with van der Waals surface area (Å²) in [7, 11) is 0. The van der Waals surface area contributed by atoms with E-state index in [0.29, 0.717) is 24.3 Å². The van der Waals surface area contributed by atoms with Gasteiger partial charge < -0.3 is 20.1 Å². The van der Waals surface area contributed by atoms with Gasteiger partial charge in [0.15, 0.2) is 5.69 Å². The summed E-state index contributed by atoms with van der Waals surface area (Å²) in [6.07, 6.45) is 10.3. The van der Waals surface area contributed by atoms with Crippen LogP contribution in [0.5, 0.6) is 0 Å². The Morgan fingerprint density at radius 3 is 2.51 bits per heavy atom. The molecule has 6 heteroatoms. The van der Waals surface area contributed by atoms with E-state index in [4.69, 9.17) is 4.98 Å². The Bertz CT molecular complexity index is 1170. The van der Waals surface area contributed by atoms with Gasteiger partial charge in [-0.05, 0) is 50.1 Å². The molecule has 2 N–H and O–H groups in total. The average Bonchev–Trinajstić information content (AvgIpc) is 3.69. The van der Waals surface area contributed by atoms with Gasteiger partial charge >= 0.3 is 0 Å². The normalized spacial score (nSPS) is 24.2. The smallest absolute Gasteiger partial charge is 0.275 e. The zero-order valence-corrected chi connectivity index (χ0v) is 21.7. The fourth-order valence-corrected chi connectivity index (χ4v) is 6.21. The van der Waals surface area contributed by atoms with Crippen molar-refractivity contribution < 1.29 is 4.79 Å². The summed E-state index contributed by atoms with van der Waals surface area (Å²) in [6.45, 7) is 3.43. The summed E-state index contributed by atoms with van der Waals surface area (Å²) >= 11 is 0. The summed E-state index contributed by atoms with van der Waals surface area (Å²) < 4.78 is 2.33. The van der Waals surface area contributed by atoms with Crippen LogP contribution in [-0.2, 0) is 6.42 Å². The minimum absolute atomic E-state index is 0.0540. The highest BCUT2D eigenvalue weighted by Gasteiger charge is 2.35. The molecule has 3 atom stereocenters. The average molecular weight is 498 g/mol. The van der Waals surface area contributed by atoms with Crippen LogP contribution in [0.3, 0.4) is 0 Å².